The van der Waals surface area contributed by atoms with Crippen molar-refractivity contribution in [2.24, 2.45) is 5.73 Å². The monoisotopic (exact) mass is 212 g/mol. The summed E-state index contributed by atoms with van der Waals surface area (Å²) < 4.78 is 4.83. The molecule has 1 fully saturated rings. The van der Waals surface area contributed by atoms with Crippen LogP contribution in [0.5, 0.6) is 0 Å². The van der Waals surface area contributed by atoms with Gasteiger partial charge >= 0.3 is 5.97 Å². The van der Waals surface area contributed by atoms with Gasteiger partial charge in [-0.3, -0.25) is 9.69 Å². The van der Waals surface area contributed by atoms with Crippen molar-refractivity contribution < 1.29 is 14.4 Å². The molecule has 15 heavy (non-hydrogen) atoms. The fourth-order valence-electron chi connectivity index (χ4n) is 1.68. The summed E-state index contributed by atoms with van der Waals surface area (Å²) in [5, 5.41) is 12.4. The summed E-state index contributed by atoms with van der Waals surface area (Å²) in [4.78, 5) is 16.6. The van der Waals surface area contributed by atoms with Gasteiger partial charge in [0.25, 0.3) is 0 Å². The topological polar surface area (TPSA) is 105 Å². The second-order valence-electron chi connectivity index (χ2n) is 3.76. The van der Waals surface area contributed by atoms with Gasteiger partial charge in [-0.2, -0.15) is 4.98 Å². The van der Waals surface area contributed by atoms with Crippen molar-refractivity contribution >= 4 is 5.97 Å². The van der Waals surface area contributed by atoms with Crippen molar-refractivity contribution in [3.8, 4) is 0 Å². The standard InChI is InChI=1S/C8H12N4O3/c9-8(7(13)14)1-2-12(4-8)3-6-10-5-11-15-6/h5H,1-4,9H2,(H,13,14). The lowest BCUT2D eigenvalue weighted by molar-refractivity contribution is -0.142. The first kappa shape index (κ1) is 10.1. The van der Waals surface area contributed by atoms with Gasteiger partial charge in [0.1, 0.15) is 5.54 Å². The lowest BCUT2D eigenvalue weighted by Crippen LogP contribution is -2.50. The number of aliphatic carboxylic acids is 1. The van der Waals surface area contributed by atoms with Crippen LogP contribution >= 0.6 is 0 Å². The third kappa shape index (κ3) is 1.97. The highest BCUT2D eigenvalue weighted by Gasteiger charge is 2.41. The molecule has 0 aliphatic carbocycles. The van der Waals surface area contributed by atoms with Gasteiger partial charge in [0.05, 0.1) is 6.54 Å². The van der Waals surface area contributed by atoms with Crippen molar-refractivity contribution in [2.45, 2.75) is 18.5 Å². The lowest BCUT2D eigenvalue weighted by atomic mass is 10.0. The molecule has 82 valence electrons. The van der Waals surface area contributed by atoms with Crippen LogP contribution in [0.15, 0.2) is 10.9 Å². The molecule has 1 saturated heterocycles. The van der Waals surface area contributed by atoms with Gasteiger partial charge < -0.3 is 15.4 Å². The maximum absolute atomic E-state index is 10.9. The Hall–Kier alpha value is -1.47. The molecule has 1 aromatic heterocycles. The first-order chi connectivity index (χ1) is 7.10. The quantitative estimate of drug-likeness (QED) is 0.665. The first-order valence-electron chi connectivity index (χ1n) is 4.60. The summed E-state index contributed by atoms with van der Waals surface area (Å²) in [7, 11) is 0. The molecule has 7 nitrogen and oxygen atoms in total. The van der Waals surface area contributed by atoms with Crippen LogP contribution in [0.4, 0.5) is 0 Å². The van der Waals surface area contributed by atoms with Crippen molar-refractivity contribution in [1.29, 1.82) is 0 Å². The van der Waals surface area contributed by atoms with E-state index in [-0.39, 0.29) is 0 Å². The molecule has 0 spiro atoms. The third-order valence-corrected chi connectivity index (χ3v) is 2.57. The van der Waals surface area contributed by atoms with Crippen molar-refractivity contribution in [2.75, 3.05) is 13.1 Å². The Morgan fingerprint density at radius 1 is 1.80 bits per heavy atom. The van der Waals surface area contributed by atoms with Gasteiger partial charge in [-0.05, 0) is 6.42 Å². The third-order valence-electron chi connectivity index (χ3n) is 2.57. The van der Waals surface area contributed by atoms with Crippen LogP contribution in [0.3, 0.4) is 0 Å². The predicted molar refractivity (Wildman–Crippen MR) is 48.7 cm³/mol. The molecule has 0 radical (unpaired) electrons. The van der Waals surface area contributed by atoms with E-state index in [9.17, 15) is 4.79 Å². The van der Waals surface area contributed by atoms with Gasteiger partial charge in [-0.1, -0.05) is 5.16 Å². The smallest absolute Gasteiger partial charge is 0.325 e. The highest BCUT2D eigenvalue weighted by atomic mass is 16.5. The molecular formula is C8H12N4O3. The normalized spacial score (nSPS) is 27.0. The van der Waals surface area contributed by atoms with Crippen LogP contribution < -0.4 is 5.73 Å². The predicted octanol–water partition coefficient (Wildman–Crippen LogP) is -0.943. The number of carboxylic acid groups (broad SMARTS) is 1. The molecule has 0 aromatic carbocycles. The molecule has 1 aliphatic heterocycles. The van der Waals surface area contributed by atoms with Crippen LogP contribution in [-0.2, 0) is 11.3 Å². The Balaban J connectivity index is 1.96. The van der Waals surface area contributed by atoms with Crippen molar-refractivity contribution in [1.82, 2.24) is 15.0 Å². The number of aromatic nitrogens is 2. The van der Waals surface area contributed by atoms with Gasteiger partial charge in [0.15, 0.2) is 6.33 Å². The number of nitrogens with two attached hydrogens (primary N) is 1. The van der Waals surface area contributed by atoms with E-state index in [0.29, 0.717) is 31.9 Å². The summed E-state index contributed by atoms with van der Waals surface area (Å²) >= 11 is 0. The zero-order valence-electron chi connectivity index (χ0n) is 8.09. The molecule has 2 rings (SSSR count). The molecule has 0 bridgehead atoms. The minimum atomic E-state index is -1.14. The van der Waals surface area contributed by atoms with Gasteiger partial charge in [-0.25, -0.2) is 0 Å². The maximum Gasteiger partial charge on any atom is 0.325 e. The molecule has 1 aromatic rings. The van der Waals surface area contributed by atoms with E-state index in [1.807, 2.05) is 4.90 Å². The Morgan fingerprint density at radius 2 is 2.60 bits per heavy atom. The number of likely N-dealkylation sites (tertiary alicyclic amines) is 1. The Labute approximate surface area is 85.9 Å². The average molecular weight is 212 g/mol. The van der Waals surface area contributed by atoms with Gasteiger partial charge in [0, 0.05) is 13.1 Å². The molecular weight excluding hydrogens is 200 g/mol. The van der Waals surface area contributed by atoms with Gasteiger partial charge in [-0.15, -0.1) is 0 Å². The fraction of sp³-hybridized carbons (Fsp3) is 0.625. The zero-order valence-corrected chi connectivity index (χ0v) is 8.09. The molecule has 1 unspecified atom stereocenters. The Morgan fingerprint density at radius 3 is 3.13 bits per heavy atom. The largest absolute Gasteiger partial charge is 0.480 e. The fourth-order valence-corrected chi connectivity index (χ4v) is 1.68. The molecule has 3 N–H and O–H groups in total. The van der Waals surface area contributed by atoms with Gasteiger partial charge in [0.2, 0.25) is 5.89 Å². The second kappa shape index (κ2) is 3.59. The number of nitrogens with zero attached hydrogens (tertiary/aromatic N) is 3. The minimum Gasteiger partial charge on any atom is -0.480 e. The summed E-state index contributed by atoms with van der Waals surface area (Å²) in [6.45, 7) is 1.39. The highest BCUT2D eigenvalue weighted by molar-refractivity contribution is 5.79. The van der Waals surface area contributed by atoms with Crippen LogP contribution in [-0.4, -0.2) is 44.7 Å². The van der Waals surface area contributed by atoms with Crippen molar-refractivity contribution in [3.63, 3.8) is 0 Å². The molecule has 7 heteroatoms. The highest BCUT2D eigenvalue weighted by Crippen LogP contribution is 2.20. The molecule has 1 atom stereocenters. The van der Waals surface area contributed by atoms with E-state index in [4.69, 9.17) is 15.4 Å². The molecule has 0 saturated carbocycles. The maximum atomic E-state index is 10.9. The summed E-state index contributed by atoms with van der Waals surface area (Å²) in [6, 6.07) is 0. The number of hydrogen-bond donors (Lipinski definition) is 2. The van der Waals surface area contributed by atoms with E-state index < -0.39 is 11.5 Å². The van der Waals surface area contributed by atoms with E-state index in [2.05, 4.69) is 10.1 Å². The molecule has 0 amide bonds. The van der Waals surface area contributed by atoms with E-state index in [0.717, 1.165) is 0 Å². The molecule has 2 heterocycles. The average Bonchev–Trinajstić information content (AvgIpc) is 2.77. The molecule has 1 aliphatic rings. The lowest BCUT2D eigenvalue weighted by Gasteiger charge is -2.18. The van der Waals surface area contributed by atoms with Crippen LogP contribution in [0.2, 0.25) is 0 Å². The summed E-state index contributed by atoms with van der Waals surface area (Å²) in [6.07, 6.45) is 1.76. The first-order valence-corrected chi connectivity index (χ1v) is 4.60. The van der Waals surface area contributed by atoms with Crippen LogP contribution in [0, 0.1) is 0 Å². The number of carbonyl (C=O) groups is 1. The summed E-state index contributed by atoms with van der Waals surface area (Å²) in [5.41, 5.74) is 4.57. The van der Waals surface area contributed by atoms with E-state index >= 15 is 0 Å². The van der Waals surface area contributed by atoms with Crippen molar-refractivity contribution in [3.05, 3.63) is 12.2 Å². The second-order valence-corrected chi connectivity index (χ2v) is 3.76. The Bertz CT molecular complexity index is 353. The zero-order chi connectivity index (χ0) is 10.9. The van der Waals surface area contributed by atoms with Crippen LogP contribution in [0.1, 0.15) is 12.3 Å². The SMILES string of the molecule is NC1(C(=O)O)CCN(Cc2ncno2)C1. The van der Waals surface area contributed by atoms with E-state index in [1.54, 1.807) is 0 Å². The number of hydrogen-bond acceptors (Lipinski definition) is 6. The minimum absolute atomic E-state index is 0.310. The Kier molecular flexibility index (Phi) is 2.41. The van der Waals surface area contributed by atoms with Crippen LogP contribution in [0.25, 0.3) is 0 Å². The van der Waals surface area contributed by atoms with E-state index in [1.165, 1.54) is 6.33 Å². The number of rotatable bonds is 3. The summed E-state index contributed by atoms with van der Waals surface area (Å²) in [5.74, 6) is -0.486. The number of carboxylic acids is 1.